The van der Waals surface area contributed by atoms with Crippen LogP contribution in [0.5, 0.6) is 0 Å². The summed E-state index contributed by atoms with van der Waals surface area (Å²) in [6.45, 7) is 1.55. The second kappa shape index (κ2) is 5.10. The average Bonchev–Trinajstić information content (AvgIpc) is 2.72. The lowest BCUT2D eigenvalue weighted by Crippen LogP contribution is -2.10. The lowest BCUT2D eigenvalue weighted by Gasteiger charge is -2.10. The first-order valence-corrected chi connectivity index (χ1v) is 5.57. The second-order valence-electron chi connectivity index (χ2n) is 4.21. The predicted octanol–water partition coefficient (Wildman–Crippen LogP) is 3.04. The fraction of sp³-hybridized carbons (Fsp3) is 0.250. The summed E-state index contributed by atoms with van der Waals surface area (Å²) in [5, 5.41) is 6.21. The summed E-state index contributed by atoms with van der Waals surface area (Å²) in [6, 6.07) is 0. The van der Waals surface area contributed by atoms with E-state index in [1.807, 2.05) is 0 Å². The van der Waals surface area contributed by atoms with Crippen LogP contribution in [0.2, 0.25) is 0 Å². The van der Waals surface area contributed by atoms with E-state index < -0.39 is 34.8 Å². The minimum absolute atomic E-state index is 0.113. The summed E-state index contributed by atoms with van der Waals surface area (Å²) in [5.41, 5.74) is 0.116. The first kappa shape index (κ1) is 14.3. The number of benzene rings is 1. The fourth-order valence-corrected chi connectivity index (χ4v) is 1.77. The molecule has 2 rings (SSSR count). The van der Waals surface area contributed by atoms with Crippen molar-refractivity contribution in [1.29, 1.82) is 0 Å². The molecule has 0 saturated heterocycles. The molecule has 0 amide bonds. The zero-order valence-electron chi connectivity index (χ0n) is 10.6. The van der Waals surface area contributed by atoms with Gasteiger partial charge in [0.1, 0.15) is 5.69 Å². The monoisotopic (exact) mass is 291 g/mol. The van der Waals surface area contributed by atoms with Crippen molar-refractivity contribution >= 4 is 5.69 Å². The van der Waals surface area contributed by atoms with Gasteiger partial charge < -0.3 is 5.32 Å². The molecule has 2 aromatic rings. The van der Waals surface area contributed by atoms with Crippen LogP contribution in [-0.4, -0.2) is 9.78 Å². The van der Waals surface area contributed by atoms with Crippen LogP contribution in [0.15, 0.2) is 6.20 Å². The molecule has 1 aromatic carbocycles. The lowest BCUT2D eigenvalue weighted by molar-refractivity contribution is 0.381. The van der Waals surface area contributed by atoms with Gasteiger partial charge in [-0.25, -0.2) is 22.0 Å². The quantitative estimate of drug-likeness (QED) is 0.535. The third-order valence-corrected chi connectivity index (χ3v) is 2.78. The Balaban J connectivity index is 2.33. The van der Waals surface area contributed by atoms with Crippen LogP contribution in [0.3, 0.4) is 0 Å². The number of hydrogen-bond acceptors (Lipinski definition) is 2. The van der Waals surface area contributed by atoms with E-state index in [0.717, 1.165) is 0 Å². The molecule has 0 aliphatic carbocycles. The summed E-state index contributed by atoms with van der Waals surface area (Å²) in [4.78, 5) is 0. The number of halogens is 5. The smallest absolute Gasteiger partial charge is 0.200 e. The highest BCUT2D eigenvalue weighted by Crippen LogP contribution is 2.27. The Morgan fingerprint density at radius 2 is 1.50 bits per heavy atom. The van der Waals surface area contributed by atoms with Gasteiger partial charge in [-0.2, -0.15) is 5.10 Å². The molecular weight excluding hydrogens is 281 g/mol. The van der Waals surface area contributed by atoms with Crippen molar-refractivity contribution in [3.05, 3.63) is 46.5 Å². The number of anilines is 1. The highest BCUT2D eigenvalue weighted by Gasteiger charge is 2.25. The molecule has 0 fully saturated rings. The largest absolute Gasteiger partial charge is 0.376 e. The summed E-state index contributed by atoms with van der Waals surface area (Å²) >= 11 is 0. The van der Waals surface area contributed by atoms with Crippen molar-refractivity contribution in [3.63, 3.8) is 0 Å². The summed E-state index contributed by atoms with van der Waals surface area (Å²) in [5.74, 6) is -9.90. The molecular formula is C12H10F5N3. The van der Waals surface area contributed by atoms with Crippen LogP contribution in [0.4, 0.5) is 27.6 Å². The zero-order chi connectivity index (χ0) is 15.0. The van der Waals surface area contributed by atoms with Crippen LogP contribution in [0, 0.1) is 36.0 Å². The van der Waals surface area contributed by atoms with Gasteiger partial charge in [-0.05, 0) is 6.92 Å². The van der Waals surface area contributed by atoms with Crippen molar-refractivity contribution in [3.8, 4) is 0 Å². The Bertz CT molecular complexity index is 637. The number of nitrogens with one attached hydrogen (secondary N) is 1. The first-order valence-electron chi connectivity index (χ1n) is 5.57. The van der Waals surface area contributed by atoms with Crippen LogP contribution >= 0.6 is 0 Å². The van der Waals surface area contributed by atoms with Crippen molar-refractivity contribution in [2.75, 3.05) is 5.32 Å². The minimum Gasteiger partial charge on any atom is -0.376 e. The van der Waals surface area contributed by atoms with Crippen molar-refractivity contribution < 1.29 is 22.0 Å². The van der Waals surface area contributed by atoms with Crippen LogP contribution < -0.4 is 5.32 Å². The van der Waals surface area contributed by atoms with E-state index in [2.05, 4.69) is 10.4 Å². The molecule has 1 aromatic heterocycles. The van der Waals surface area contributed by atoms with Gasteiger partial charge in [0, 0.05) is 25.4 Å². The number of aromatic nitrogens is 2. The van der Waals surface area contributed by atoms with Crippen molar-refractivity contribution in [2.45, 2.75) is 13.5 Å². The minimum atomic E-state index is -2.18. The molecule has 0 bridgehead atoms. The Labute approximate surface area is 111 Å². The van der Waals surface area contributed by atoms with Gasteiger partial charge in [0.2, 0.25) is 5.82 Å². The summed E-state index contributed by atoms with van der Waals surface area (Å²) in [7, 11) is 1.65. The third kappa shape index (κ3) is 2.33. The van der Waals surface area contributed by atoms with E-state index >= 15 is 0 Å². The fourth-order valence-electron chi connectivity index (χ4n) is 1.77. The molecule has 0 atom stereocenters. The van der Waals surface area contributed by atoms with E-state index in [9.17, 15) is 22.0 Å². The van der Waals surface area contributed by atoms with E-state index in [1.54, 1.807) is 20.2 Å². The Kier molecular flexibility index (Phi) is 3.65. The number of aryl methyl sites for hydroxylation is 2. The topological polar surface area (TPSA) is 29.9 Å². The molecule has 1 heterocycles. The van der Waals surface area contributed by atoms with Crippen molar-refractivity contribution in [1.82, 2.24) is 9.78 Å². The standard InChI is InChI=1S/C12H10F5N3/c1-5-6(4-20(2)19-5)3-18-12-10(16)8(14)7(13)9(15)11(12)17/h4,18H,3H2,1-2H3. The summed E-state index contributed by atoms with van der Waals surface area (Å²) in [6.07, 6.45) is 1.58. The predicted molar refractivity (Wildman–Crippen MR) is 61.5 cm³/mol. The van der Waals surface area contributed by atoms with Crippen LogP contribution in [0.25, 0.3) is 0 Å². The van der Waals surface area contributed by atoms with Gasteiger partial charge in [0.25, 0.3) is 0 Å². The number of nitrogens with zero attached hydrogens (tertiary/aromatic N) is 2. The van der Waals surface area contributed by atoms with Gasteiger partial charge in [-0.1, -0.05) is 0 Å². The molecule has 8 heteroatoms. The highest BCUT2D eigenvalue weighted by molar-refractivity contribution is 5.48. The van der Waals surface area contributed by atoms with E-state index in [0.29, 0.717) is 11.3 Å². The molecule has 0 unspecified atom stereocenters. The maximum atomic E-state index is 13.4. The number of rotatable bonds is 3. The molecule has 0 saturated carbocycles. The van der Waals surface area contributed by atoms with Gasteiger partial charge in [0.15, 0.2) is 23.3 Å². The lowest BCUT2D eigenvalue weighted by atomic mass is 10.2. The number of hydrogen-bond donors (Lipinski definition) is 1. The first-order chi connectivity index (χ1) is 9.32. The van der Waals surface area contributed by atoms with Gasteiger partial charge in [-0.15, -0.1) is 0 Å². The van der Waals surface area contributed by atoms with Gasteiger partial charge in [-0.3, -0.25) is 4.68 Å². The third-order valence-electron chi connectivity index (χ3n) is 2.78. The van der Waals surface area contributed by atoms with E-state index in [1.165, 1.54) is 4.68 Å². The molecule has 108 valence electrons. The summed E-state index contributed by atoms with van der Waals surface area (Å²) < 4.78 is 67.1. The Morgan fingerprint density at radius 1 is 1.00 bits per heavy atom. The van der Waals surface area contributed by atoms with Gasteiger partial charge in [0.05, 0.1) is 5.69 Å². The van der Waals surface area contributed by atoms with Crippen LogP contribution in [0.1, 0.15) is 11.3 Å². The Morgan fingerprint density at radius 3 is 1.95 bits per heavy atom. The van der Waals surface area contributed by atoms with E-state index in [4.69, 9.17) is 0 Å². The van der Waals surface area contributed by atoms with Crippen molar-refractivity contribution in [2.24, 2.45) is 7.05 Å². The molecule has 3 nitrogen and oxygen atoms in total. The molecule has 0 spiro atoms. The van der Waals surface area contributed by atoms with Crippen LogP contribution in [-0.2, 0) is 13.6 Å². The maximum absolute atomic E-state index is 13.4. The maximum Gasteiger partial charge on any atom is 0.200 e. The second-order valence-corrected chi connectivity index (χ2v) is 4.21. The Hall–Kier alpha value is -2.12. The average molecular weight is 291 g/mol. The molecule has 1 N–H and O–H groups in total. The zero-order valence-corrected chi connectivity index (χ0v) is 10.6. The molecule has 20 heavy (non-hydrogen) atoms. The SMILES string of the molecule is Cc1nn(C)cc1CNc1c(F)c(F)c(F)c(F)c1F. The normalized spacial score (nSPS) is 10.9. The highest BCUT2D eigenvalue weighted by atomic mass is 19.2. The molecule has 0 aliphatic heterocycles. The van der Waals surface area contributed by atoms with Gasteiger partial charge >= 0.3 is 0 Å². The molecule has 0 radical (unpaired) electrons. The van der Waals surface area contributed by atoms with E-state index in [-0.39, 0.29) is 6.54 Å². The molecule has 0 aliphatic rings.